The monoisotopic (exact) mass is 441 g/mol. The van der Waals surface area contributed by atoms with Gasteiger partial charge in [0, 0.05) is 45.7 Å². The largest absolute Gasteiger partial charge is 0.455 e. The number of aromatic nitrogens is 3. The molecule has 0 aromatic carbocycles. The second-order valence-corrected chi connectivity index (χ2v) is 7.89. The van der Waals surface area contributed by atoms with Crippen LogP contribution in [0.15, 0.2) is 52.3 Å². The average Bonchev–Trinajstić information content (AvgIpc) is 3.26. The van der Waals surface area contributed by atoms with Crippen LogP contribution < -0.4 is 10.2 Å². The van der Waals surface area contributed by atoms with E-state index in [0.717, 1.165) is 30.0 Å². The molecular weight excluding hydrogens is 414 g/mol. The zero-order valence-electron chi connectivity index (χ0n) is 18.0. The highest BCUT2D eigenvalue weighted by Crippen LogP contribution is 2.24. The van der Waals surface area contributed by atoms with Crippen LogP contribution in [0.4, 0.5) is 5.82 Å². The van der Waals surface area contributed by atoms with Crippen LogP contribution in [0.1, 0.15) is 40.9 Å². The summed E-state index contributed by atoms with van der Waals surface area (Å²) in [6.45, 7) is 3.88. The van der Waals surface area contributed by atoms with E-state index in [0.29, 0.717) is 29.8 Å². The Bertz CT molecular complexity index is 980. The number of carbonyl (C=O) groups is 1. The van der Waals surface area contributed by atoms with Gasteiger partial charge in [0.25, 0.3) is 5.91 Å². The summed E-state index contributed by atoms with van der Waals surface area (Å²) in [5, 5.41) is 3.49. The normalized spacial score (nSPS) is 10.8. The lowest BCUT2D eigenvalue weighted by Gasteiger charge is -2.18. The molecule has 164 valence electrons. The van der Waals surface area contributed by atoms with Crippen molar-refractivity contribution in [1.29, 1.82) is 0 Å². The van der Waals surface area contributed by atoms with Gasteiger partial charge in [0.1, 0.15) is 11.6 Å². The van der Waals surface area contributed by atoms with Gasteiger partial charge in [-0.1, -0.05) is 18.7 Å². The summed E-state index contributed by atoms with van der Waals surface area (Å²) in [7, 11) is 3.66. The molecule has 8 nitrogen and oxygen atoms in total. The molecule has 3 aromatic rings. The molecule has 0 aliphatic carbocycles. The molecule has 0 radical (unpaired) electrons. The standard InChI is InChI=1S/C22H27N5O3S/c1-4-11-27(2)20-12-17(14-29-3)25-22(26-20)31-15-18-5-6-19(30-18)21(28)24-13-16-7-9-23-10-8-16/h5-10,12H,4,11,13-15H2,1-3H3,(H,24,28). The minimum atomic E-state index is -0.255. The predicted octanol–water partition coefficient (Wildman–Crippen LogP) is 3.68. The van der Waals surface area contributed by atoms with E-state index in [4.69, 9.17) is 9.15 Å². The maximum Gasteiger partial charge on any atom is 0.287 e. The van der Waals surface area contributed by atoms with Gasteiger partial charge in [-0.15, -0.1) is 0 Å². The lowest BCUT2D eigenvalue weighted by Crippen LogP contribution is -2.22. The molecule has 1 N–H and O–H groups in total. The number of carbonyl (C=O) groups excluding carboxylic acids is 1. The Morgan fingerprint density at radius 2 is 2.03 bits per heavy atom. The van der Waals surface area contributed by atoms with E-state index in [1.165, 1.54) is 11.8 Å². The second-order valence-electron chi connectivity index (χ2n) is 6.95. The van der Waals surface area contributed by atoms with Crippen LogP contribution in [0, 0.1) is 0 Å². The highest BCUT2D eigenvalue weighted by atomic mass is 32.2. The molecule has 9 heteroatoms. The van der Waals surface area contributed by atoms with Crippen molar-refractivity contribution in [3.8, 4) is 0 Å². The lowest BCUT2D eigenvalue weighted by atomic mass is 10.2. The molecule has 0 unspecified atom stereocenters. The third-order valence-corrected chi connectivity index (χ3v) is 5.29. The number of nitrogens with zero attached hydrogens (tertiary/aromatic N) is 4. The fraction of sp³-hybridized carbons (Fsp3) is 0.364. The summed E-state index contributed by atoms with van der Waals surface area (Å²) >= 11 is 1.46. The van der Waals surface area contributed by atoms with Crippen molar-refractivity contribution in [2.45, 2.75) is 37.4 Å². The van der Waals surface area contributed by atoms with Crippen LogP contribution in [0.5, 0.6) is 0 Å². The van der Waals surface area contributed by atoms with Crippen molar-refractivity contribution in [3.05, 3.63) is 65.5 Å². The highest BCUT2D eigenvalue weighted by Gasteiger charge is 2.13. The molecule has 0 aliphatic heterocycles. The first-order chi connectivity index (χ1) is 15.1. The number of anilines is 1. The Morgan fingerprint density at radius 3 is 2.77 bits per heavy atom. The summed E-state index contributed by atoms with van der Waals surface area (Å²) in [5.74, 6) is 2.09. The van der Waals surface area contributed by atoms with Crippen LogP contribution in [0.3, 0.4) is 0 Å². The molecule has 0 atom stereocenters. The SMILES string of the molecule is CCCN(C)c1cc(COC)nc(SCc2ccc(C(=O)NCc3ccncc3)o2)n1. The number of thioether (sulfide) groups is 1. The number of amides is 1. The molecule has 0 saturated heterocycles. The number of pyridine rings is 1. The van der Waals surface area contributed by atoms with E-state index >= 15 is 0 Å². The summed E-state index contributed by atoms with van der Waals surface area (Å²) < 4.78 is 11.0. The van der Waals surface area contributed by atoms with Crippen LogP contribution >= 0.6 is 11.8 Å². The Balaban J connectivity index is 1.61. The Kier molecular flexibility index (Phi) is 8.43. The van der Waals surface area contributed by atoms with Crippen LogP contribution in [-0.2, 0) is 23.6 Å². The summed E-state index contributed by atoms with van der Waals surface area (Å²) in [5.41, 5.74) is 1.80. The Morgan fingerprint density at radius 1 is 1.23 bits per heavy atom. The smallest absolute Gasteiger partial charge is 0.287 e. The maximum absolute atomic E-state index is 12.3. The second kappa shape index (κ2) is 11.5. The van der Waals surface area contributed by atoms with Crippen LogP contribution in [0.25, 0.3) is 0 Å². The molecule has 0 fully saturated rings. The molecule has 0 bridgehead atoms. The third-order valence-electron chi connectivity index (χ3n) is 4.42. The number of ether oxygens (including phenoxy) is 1. The van der Waals surface area contributed by atoms with E-state index in [1.807, 2.05) is 25.2 Å². The van der Waals surface area contributed by atoms with Gasteiger partial charge in [0.2, 0.25) is 0 Å². The first-order valence-electron chi connectivity index (χ1n) is 10.1. The molecule has 0 spiro atoms. The van der Waals surface area contributed by atoms with E-state index in [-0.39, 0.29) is 11.7 Å². The van der Waals surface area contributed by atoms with Crippen molar-refractivity contribution < 1.29 is 13.9 Å². The number of rotatable bonds is 11. The predicted molar refractivity (Wildman–Crippen MR) is 120 cm³/mol. The third kappa shape index (κ3) is 6.80. The van der Waals surface area contributed by atoms with Gasteiger partial charge in [0.05, 0.1) is 18.1 Å². The Hall–Kier alpha value is -2.91. The van der Waals surface area contributed by atoms with E-state index in [2.05, 4.69) is 32.1 Å². The molecule has 0 aliphatic rings. The zero-order valence-corrected chi connectivity index (χ0v) is 18.8. The fourth-order valence-electron chi connectivity index (χ4n) is 2.87. The number of nitrogens with one attached hydrogen (secondary N) is 1. The van der Waals surface area contributed by atoms with Crippen molar-refractivity contribution >= 4 is 23.5 Å². The molecule has 3 heterocycles. The molecule has 0 saturated carbocycles. The number of hydrogen-bond acceptors (Lipinski definition) is 8. The first kappa shape index (κ1) is 22.8. The quantitative estimate of drug-likeness (QED) is 0.356. The lowest BCUT2D eigenvalue weighted by molar-refractivity contribution is 0.0921. The minimum absolute atomic E-state index is 0.255. The topological polar surface area (TPSA) is 93.4 Å². The van der Waals surface area contributed by atoms with Crippen molar-refractivity contribution in [1.82, 2.24) is 20.3 Å². The van der Waals surface area contributed by atoms with Gasteiger partial charge in [-0.2, -0.15) is 0 Å². The Labute approximate surface area is 186 Å². The van der Waals surface area contributed by atoms with Crippen molar-refractivity contribution in [2.75, 3.05) is 25.6 Å². The van der Waals surface area contributed by atoms with E-state index in [9.17, 15) is 4.79 Å². The van der Waals surface area contributed by atoms with Gasteiger partial charge >= 0.3 is 0 Å². The van der Waals surface area contributed by atoms with Gasteiger partial charge < -0.3 is 19.4 Å². The summed E-state index contributed by atoms with van der Waals surface area (Å²) in [4.78, 5) is 27.6. The molecular formula is C22H27N5O3S. The van der Waals surface area contributed by atoms with E-state index < -0.39 is 0 Å². The molecule has 1 amide bonds. The van der Waals surface area contributed by atoms with Crippen LogP contribution in [-0.4, -0.2) is 41.6 Å². The first-order valence-corrected chi connectivity index (χ1v) is 11.0. The molecule has 3 aromatic heterocycles. The highest BCUT2D eigenvalue weighted by molar-refractivity contribution is 7.98. The van der Waals surface area contributed by atoms with Gasteiger partial charge in [-0.05, 0) is 36.2 Å². The summed E-state index contributed by atoms with van der Waals surface area (Å²) in [6, 6.07) is 9.14. The van der Waals surface area contributed by atoms with Crippen molar-refractivity contribution in [3.63, 3.8) is 0 Å². The molecule has 3 rings (SSSR count). The van der Waals surface area contributed by atoms with Crippen molar-refractivity contribution in [2.24, 2.45) is 0 Å². The summed E-state index contributed by atoms with van der Waals surface area (Å²) in [6.07, 6.45) is 4.42. The fourth-order valence-corrected chi connectivity index (χ4v) is 3.64. The minimum Gasteiger partial charge on any atom is -0.455 e. The zero-order chi connectivity index (χ0) is 22.1. The number of hydrogen-bond donors (Lipinski definition) is 1. The van der Waals surface area contributed by atoms with Gasteiger partial charge in [-0.25, -0.2) is 9.97 Å². The van der Waals surface area contributed by atoms with Gasteiger partial charge in [0.15, 0.2) is 10.9 Å². The number of methoxy groups -OCH3 is 1. The van der Waals surface area contributed by atoms with Gasteiger partial charge in [-0.3, -0.25) is 9.78 Å². The average molecular weight is 442 g/mol. The van der Waals surface area contributed by atoms with Crippen LogP contribution in [0.2, 0.25) is 0 Å². The van der Waals surface area contributed by atoms with E-state index in [1.54, 1.807) is 31.6 Å². The maximum atomic E-state index is 12.3. The molecule has 31 heavy (non-hydrogen) atoms. The number of furan rings is 1.